The first-order valence-electron chi connectivity index (χ1n) is 7.09. The van der Waals surface area contributed by atoms with Gasteiger partial charge in [-0.05, 0) is 32.9 Å². The number of ether oxygens (including phenoxy) is 1. The van der Waals surface area contributed by atoms with Gasteiger partial charge in [0.05, 0.1) is 24.1 Å². The number of aromatic nitrogens is 3. The number of nitrogens with zero attached hydrogens (tertiary/aromatic N) is 3. The first kappa shape index (κ1) is 15.7. The van der Waals surface area contributed by atoms with Crippen LogP contribution in [0, 0.1) is 0 Å². The highest BCUT2D eigenvalue weighted by Gasteiger charge is 2.12. The van der Waals surface area contributed by atoms with Crippen LogP contribution in [-0.4, -0.2) is 33.8 Å². The van der Waals surface area contributed by atoms with Crippen molar-refractivity contribution in [3.63, 3.8) is 0 Å². The average Bonchev–Trinajstić information content (AvgIpc) is 2.47. The summed E-state index contributed by atoms with van der Waals surface area (Å²) in [6, 6.07) is 7.28. The van der Waals surface area contributed by atoms with Gasteiger partial charge in [0.25, 0.3) is 0 Å². The summed E-state index contributed by atoms with van der Waals surface area (Å²) in [7, 11) is 0. The van der Waals surface area contributed by atoms with E-state index in [0.717, 1.165) is 0 Å². The van der Waals surface area contributed by atoms with Crippen LogP contribution in [0.3, 0.4) is 0 Å². The molecule has 7 nitrogen and oxygen atoms in total. The fourth-order valence-electron chi connectivity index (χ4n) is 1.80. The number of para-hydroxylation sites is 1. The molecule has 0 saturated carbocycles. The van der Waals surface area contributed by atoms with Crippen LogP contribution in [0.25, 0.3) is 0 Å². The van der Waals surface area contributed by atoms with E-state index in [1.165, 1.54) is 6.20 Å². The molecular formula is C15H19N5O2. The Labute approximate surface area is 129 Å². The number of carbonyl (C=O) groups excluding carboxylic acids is 1. The second-order valence-electron chi connectivity index (χ2n) is 4.86. The Balaban J connectivity index is 2.22. The third kappa shape index (κ3) is 4.15. The fraction of sp³-hybridized carbons (Fsp3) is 0.333. The van der Waals surface area contributed by atoms with Crippen molar-refractivity contribution in [2.45, 2.75) is 26.8 Å². The Hall–Kier alpha value is -2.70. The molecule has 1 heterocycles. The van der Waals surface area contributed by atoms with E-state index in [1.807, 2.05) is 19.9 Å². The van der Waals surface area contributed by atoms with E-state index < -0.39 is 0 Å². The minimum Gasteiger partial charge on any atom is -0.462 e. The second kappa shape index (κ2) is 7.35. The zero-order valence-electron chi connectivity index (χ0n) is 12.8. The van der Waals surface area contributed by atoms with Gasteiger partial charge in [0, 0.05) is 6.04 Å². The van der Waals surface area contributed by atoms with Crippen LogP contribution in [0.15, 0.2) is 30.5 Å². The van der Waals surface area contributed by atoms with E-state index in [2.05, 4.69) is 25.8 Å². The molecule has 0 unspecified atom stereocenters. The summed E-state index contributed by atoms with van der Waals surface area (Å²) < 4.78 is 5.04. The van der Waals surface area contributed by atoms with Crippen LogP contribution in [0.2, 0.25) is 0 Å². The van der Waals surface area contributed by atoms with Gasteiger partial charge in [0.2, 0.25) is 5.95 Å². The number of hydrogen-bond acceptors (Lipinski definition) is 7. The third-order valence-electron chi connectivity index (χ3n) is 2.66. The fourth-order valence-corrected chi connectivity index (χ4v) is 1.80. The molecule has 2 aromatic rings. The van der Waals surface area contributed by atoms with Crippen LogP contribution in [0.5, 0.6) is 0 Å². The zero-order chi connectivity index (χ0) is 15.9. The maximum atomic E-state index is 11.9. The van der Waals surface area contributed by atoms with Crippen LogP contribution in [-0.2, 0) is 4.74 Å². The minimum absolute atomic E-state index is 0.198. The van der Waals surface area contributed by atoms with Crippen molar-refractivity contribution in [2.75, 3.05) is 17.2 Å². The molecule has 116 valence electrons. The highest BCUT2D eigenvalue weighted by atomic mass is 16.5. The van der Waals surface area contributed by atoms with E-state index in [9.17, 15) is 4.79 Å². The number of benzene rings is 1. The summed E-state index contributed by atoms with van der Waals surface area (Å²) in [5.41, 5.74) is 1.05. The van der Waals surface area contributed by atoms with Gasteiger partial charge in [-0.3, -0.25) is 0 Å². The molecule has 0 bridgehead atoms. The largest absolute Gasteiger partial charge is 0.462 e. The van der Waals surface area contributed by atoms with Crippen molar-refractivity contribution in [3.05, 3.63) is 36.0 Å². The molecule has 0 atom stereocenters. The molecule has 2 rings (SSSR count). The molecule has 22 heavy (non-hydrogen) atoms. The third-order valence-corrected chi connectivity index (χ3v) is 2.66. The van der Waals surface area contributed by atoms with E-state index in [4.69, 9.17) is 4.74 Å². The number of hydrogen-bond donors (Lipinski definition) is 2. The molecule has 1 aromatic heterocycles. The summed E-state index contributed by atoms with van der Waals surface area (Å²) in [6.07, 6.45) is 1.49. The molecule has 0 spiro atoms. The molecule has 0 radical (unpaired) electrons. The van der Waals surface area contributed by atoms with Crippen molar-refractivity contribution in [3.8, 4) is 0 Å². The van der Waals surface area contributed by atoms with Gasteiger partial charge < -0.3 is 15.4 Å². The molecule has 1 aromatic carbocycles. The molecule has 0 fully saturated rings. The lowest BCUT2D eigenvalue weighted by molar-refractivity contribution is 0.0527. The Morgan fingerprint density at radius 2 is 2.09 bits per heavy atom. The van der Waals surface area contributed by atoms with Crippen LogP contribution in [0.4, 0.5) is 17.5 Å². The van der Waals surface area contributed by atoms with E-state index >= 15 is 0 Å². The lowest BCUT2D eigenvalue weighted by Gasteiger charge is -2.12. The monoisotopic (exact) mass is 301 g/mol. The van der Waals surface area contributed by atoms with Crippen molar-refractivity contribution in [1.29, 1.82) is 0 Å². The Kier molecular flexibility index (Phi) is 5.24. The second-order valence-corrected chi connectivity index (χ2v) is 4.86. The van der Waals surface area contributed by atoms with Crippen molar-refractivity contribution in [2.24, 2.45) is 0 Å². The normalized spacial score (nSPS) is 10.4. The minimum atomic E-state index is -0.381. The quantitative estimate of drug-likeness (QED) is 0.793. The maximum absolute atomic E-state index is 11.9. The summed E-state index contributed by atoms with van der Waals surface area (Å²) in [4.78, 5) is 16.3. The summed E-state index contributed by atoms with van der Waals surface area (Å²) >= 11 is 0. The molecule has 0 aliphatic heterocycles. The summed E-state index contributed by atoms with van der Waals surface area (Å²) in [5, 5.41) is 13.9. The zero-order valence-corrected chi connectivity index (χ0v) is 12.8. The molecular weight excluding hydrogens is 282 g/mol. The first-order chi connectivity index (χ1) is 10.6. The van der Waals surface area contributed by atoms with Crippen LogP contribution >= 0.6 is 0 Å². The number of rotatable bonds is 6. The van der Waals surface area contributed by atoms with E-state index in [0.29, 0.717) is 29.6 Å². The van der Waals surface area contributed by atoms with E-state index in [-0.39, 0.29) is 12.0 Å². The smallest absolute Gasteiger partial charge is 0.340 e. The highest BCUT2D eigenvalue weighted by Crippen LogP contribution is 2.20. The molecule has 0 saturated heterocycles. The lowest BCUT2D eigenvalue weighted by Crippen LogP contribution is -2.14. The first-order valence-corrected chi connectivity index (χ1v) is 7.09. The van der Waals surface area contributed by atoms with Crippen molar-refractivity contribution < 1.29 is 9.53 Å². The predicted octanol–water partition coefficient (Wildman–Crippen LogP) is 2.61. The molecule has 7 heteroatoms. The Morgan fingerprint density at radius 1 is 1.32 bits per heavy atom. The van der Waals surface area contributed by atoms with Gasteiger partial charge in [0.1, 0.15) is 0 Å². The number of anilines is 3. The lowest BCUT2D eigenvalue weighted by atomic mass is 10.2. The van der Waals surface area contributed by atoms with Gasteiger partial charge in [-0.15, -0.1) is 5.10 Å². The van der Waals surface area contributed by atoms with Gasteiger partial charge in [-0.25, -0.2) is 4.79 Å². The predicted molar refractivity (Wildman–Crippen MR) is 84.3 cm³/mol. The average molecular weight is 301 g/mol. The van der Waals surface area contributed by atoms with Gasteiger partial charge in [-0.2, -0.15) is 10.1 Å². The topological polar surface area (TPSA) is 89.0 Å². The molecule has 2 N–H and O–H groups in total. The van der Waals surface area contributed by atoms with E-state index in [1.54, 1.807) is 25.1 Å². The SMILES string of the molecule is CCOC(=O)c1ccccc1Nc1cnnc(NC(C)C)n1. The maximum Gasteiger partial charge on any atom is 0.340 e. The number of carbonyl (C=O) groups is 1. The summed E-state index contributed by atoms with van der Waals surface area (Å²) in [5.74, 6) is 0.539. The van der Waals surface area contributed by atoms with Crippen LogP contribution < -0.4 is 10.6 Å². The standard InChI is InChI=1S/C15H19N5O2/c1-4-22-14(21)11-7-5-6-8-12(11)18-13-9-16-20-15(19-13)17-10(2)3/h5-10H,4H2,1-3H3,(H2,17,18,19,20). The van der Waals surface area contributed by atoms with Crippen molar-refractivity contribution >= 4 is 23.4 Å². The molecule has 0 aliphatic rings. The Bertz CT molecular complexity index is 645. The van der Waals surface area contributed by atoms with Gasteiger partial charge in [0.15, 0.2) is 5.82 Å². The van der Waals surface area contributed by atoms with Crippen molar-refractivity contribution in [1.82, 2.24) is 15.2 Å². The van der Waals surface area contributed by atoms with Gasteiger partial charge in [-0.1, -0.05) is 12.1 Å². The highest BCUT2D eigenvalue weighted by molar-refractivity contribution is 5.96. The van der Waals surface area contributed by atoms with Crippen LogP contribution in [0.1, 0.15) is 31.1 Å². The summed E-state index contributed by atoms with van der Waals surface area (Å²) in [6.45, 7) is 6.07. The molecule has 0 amide bonds. The Morgan fingerprint density at radius 3 is 2.82 bits per heavy atom. The number of esters is 1. The molecule has 0 aliphatic carbocycles. The number of nitrogens with one attached hydrogen (secondary N) is 2. The van der Waals surface area contributed by atoms with Gasteiger partial charge >= 0.3 is 5.97 Å².